The Hall–Kier alpha value is -1.31. The Kier molecular flexibility index (Phi) is 2.53. The van der Waals surface area contributed by atoms with Crippen molar-refractivity contribution >= 4 is 11.0 Å². The zero-order valence-corrected chi connectivity index (χ0v) is 8.83. The first-order valence-corrected chi connectivity index (χ1v) is 5.23. The number of nitrogens with zero attached hydrogens (tertiary/aromatic N) is 2. The molecular weight excluding hydrogens is 172 g/mol. The Morgan fingerprint density at radius 3 is 3.07 bits per heavy atom. The fraction of sp³-hybridized carbons (Fsp3) is 0.417. The van der Waals surface area contributed by atoms with Crippen LogP contribution in [0.25, 0.3) is 11.0 Å². The minimum atomic E-state index is 1.08. The van der Waals surface area contributed by atoms with Gasteiger partial charge in [-0.3, -0.25) is 0 Å². The van der Waals surface area contributed by atoms with E-state index in [-0.39, 0.29) is 0 Å². The molecule has 0 bridgehead atoms. The topological polar surface area (TPSA) is 17.8 Å². The SMILES string of the molecule is CCCCn1cc(C)c2cccnc21. The van der Waals surface area contributed by atoms with Crippen molar-refractivity contribution in [3.63, 3.8) is 0 Å². The summed E-state index contributed by atoms with van der Waals surface area (Å²) in [5, 5.41) is 1.28. The van der Waals surface area contributed by atoms with Gasteiger partial charge in [-0.25, -0.2) is 4.98 Å². The van der Waals surface area contributed by atoms with E-state index in [1.807, 2.05) is 12.3 Å². The fourth-order valence-electron chi connectivity index (χ4n) is 1.80. The molecule has 0 saturated carbocycles. The molecule has 2 nitrogen and oxygen atoms in total. The third kappa shape index (κ3) is 1.52. The molecule has 0 saturated heterocycles. The quantitative estimate of drug-likeness (QED) is 0.723. The highest BCUT2D eigenvalue weighted by Crippen LogP contribution is 2.18. The Labute approximate surface area is 84.6 Å². The van der Waals surface area contributed by atoms with Crippen LogP contribution in [0.2, 0.25) is 0 Å². The number of aryl methyl sites for hydroxylation is 2. The molecule has 0 aliphatic rings. The van der Waals surface area contributed by atoms with Crippen LogP contribution in [0.15, 0.2) is 24.5 Å². The lowest BCUT2D eigenvalue weighted by Gasteiger charge is -2.01. The number of rotatable bonds is 3. The van der Waals surface area contributed by atoms with Crippen molar-refractivity contribution in [1.82, 2.24) is 9.55 Å². The lowest BCUT2D eigenvalue weighted by atomic mass is 10.2. The van der Waals surface area contributed by atoms with E-state index in [0.717, 1.165) is 12.2 Å². The molecule has 0 fully saturated rings. The lowest BCUT2D eigenvalue weighted by molar-refractivity contribution is 0.645. The number of pyridine rings is 1. The molecular formula is C12H16N2. The highest BCUT2D eigenvalue weighted by molar-refractivity contribution is 5.79. The molecule has 14 heavy (non-hydrogen) atoms. The van der Waals surface area contributed by atoms with Gasteiger partial charge >= 0.3 is 0 Å². The lowest BCUT2D eigenvalue weighted by Crippen LogP contribution is -1.96. The Morgan fingerprint density at radius 2 is 2.29 bits per heavy atom. The van der Waals surface area contributed by atoms with Crippen LogP contribution in [0.3, 0.4) is 0 Å². The van der Waals surface area contributed by atoms with Crippen molar-refractivity contribution < 1.29 is 0 Å². The fourth-order valence-corrected chi connectivity index (χ4v) is 1.80. The van der Waals surface area contributed by atoms with Crippen LogP contribution in [0.4, 0.5) is 0 Å². The molecule has 2 aromatic heterocycles. The van der Waals surface area contributed by atoms with E-state index in [2.05, 4.69) is 35.7 Å². The number of hydrogen-bond acceptors (Lipinski definition) is 1. The summed E-state index contributed by atoms with van der Waals surface area (Å²) < 4.78 is 2.26. The smallest absolute Gasteiger partial charge is 0.140 e. The minimum absolute atomic E-state index is 1.08. The van der Waals surface area contributed by atoms with Gasteiger partial charge in [0.05, 0.1) is 0 Å². The highest BCUT2D eigenvalue weighted by Gasteiger charge is 2.04. The van der Waals surface area contributed by atoms with Gasteiger partial charge in [-0.2, -0.15) is 0 Å². The Balaban J connectivity index is 2.44. The molecule has 74 valence electrons. The molecule has 0 aromatic carbocycles. The molecule has 2 rings (SSSR count). The molecule has 0 aliphatic carbocycles. The van der Waals surface area contributed by atoms with Crippen molar-refractivity contribution in [3.8, 4) is 0 Å². The van der Waals surface area contributed by atoms with E-state index in [1.165, 1.54) is 23.8 Å². The predicted octanol–water partition coefficient (Wildman–Crippen LogP) is 3.14. The van der Waals surface area contributed by atoms with Gasteiger partial charge in [-0.05, 0) is 31.0 Å². The normalized spacial score (nSPS) is 11.0. The summed E-state index contributed by atoms with van der Waals surface area (Å²) in [6.45, 7) is 5.44. The maximum Gasteiger partial charge on any atom is 0.140 e. The molecule has 0 atom stereocenters. The van der Waals surface area contributed by atoms with Crippen LogP contribution in [0.5, 0.6) is 0 Å². The van der Waals surface area contributed by atoms with Gasteiger partial charge in [0.15, 0.2) is 0 Å². The highest BCUT2D eigenvalue weighted by atomic mass is 15.0. The Morgan fingerprint density at radius 1 is 1.43 bits per heavy atom. The van der Waals surface area contributed by atoms with Crippen molar-refractivity contribution in [2.75, 3.05) is 0 Å². The number of aromatic nitrogens is 2. The van der Waals surface area contributed by atoms with E-state index in [4.69, 9.17) is 0 Å². The second kappa shape index (κ2) is 3.82. The predicted molar refractivity (Wildman–Crippen MR) is 59.4 cm³/mol. The van der Waals surface area contributed by atoms with Crippen LogP contribution in [0.1, 0.15) is 25.3 Å². The summed E-state index contributed by atoms with van der Waals surface area (Å²) in [5.74, 6) is 0. The van der Waals surface area contributed by atoms with Crippen LogP contribution in [0, 0.1) is 6.92 Å². The van der Waals surface area contributed by atoms with Crippen LogP contribution < -0.4 is 0 Å². The van der Waals surface area contributed by atoms with Crippen molar-refractivity contribution in [3.05, 3.63) is 30.1 Å². The molecule has 0 aliphatic heterocycles. The summed E-state index contributed by atoms with van der Waals surface area (Å²) in [4.78, 5) is 4.42. The van der Waals surface area contributed by atoms with Gasteiger partial charge < -0.3 is 4.57 Å². The third-order valence-electron chi connectivity index (χ3n) is 2.59. The standard InChI is InChI=1S/C12H16N2/c1-3-4-8-14-9-10(2)11-6-5-7-13-12(11)14/h5-7,9H,3-4,8H2,1-2H3. The first kappa shape index (κ1) is 9.25. The van der Waals surface area contributed by atoms with Gasteiger partial charge in [0.25, 0.3) is 0 Å². The van der Waals surface area contributed by atoms with Gasteiger partial charge in [0.2, 0.25) is 0 Å². The molecule has 2 heterocycles. The summed E-state index contributed by atoms with van der Waals surface area (Å²) in [5.41, 5.74) is 2.45. The van der Waals surface area contributed by atoms with E-state index in [1.54, 1.807) is 0 Å². The summed E-state index contributed by atoms with van der Waals surface area (Å²) in [7, 11) is 0. The largest absolute Gasteiger partial charge is 0.332 e. The van der Waals surface area contributed by atoms with Crippen molar-refractivity contribution in [2.45, 2.75) is 33.2 Å². The molecule has 0 N–H and O–H groups in total. The van der Waals surface area contributed by atoms with Gasteiger partial charge in [-0.1, -0.05) is 13.3 Å². The number of unbranched alkanes of at least 4 members (excludes halogenated alkanes) is 1. The second-order valence-corrected chi connectivity index (χ2v) is 3.73. The summed E-state index contributed by atoms with van der Waals surface area (Å²) in [6, 6.07) is 4.14. The first-order valence-electron chi connectivity index (χ1n) is 5.23. The zero-order valence-electron chi connectivity index (χ0n) is 8.83. The average Bonchev–Trinajstić information content (AvgIpc) is 2.54. The molecule has 2 heteroatoms. The molecule has 0 radical (unpaired) electrons. The molecule has 2 aromatic rings. The van der Waals surface area contributed by atoms with E-state index < -0.39 is 0 Å². The average molecular weight is 188 g/mol. The van der Waals surface area contributed by atoms with Crippen LogP contribution in [-0.2, 0) is 6.54 Å². The van der Waals surface area contributed by atoms with Gasteiger partial charge in [0.1, 0.15) is 5.65 Å². The summed E-state index contributed by atoms with van der Waals surface area (Å²) in [6.07, 6.45) is 6.52. The number of hydrogen-bond donors (Lipinski definition) is 0. The minimum Gasteiger partial charge on any atom is -0.332 e. The zero-order chi connectivity index (χ0) is 9.97. The van der Waals surface area contributed by atoms with Gasteiger partial charge in [0, 0.05) is 24.3 Å². The maximum atomic E-state index is 4.42. The molecule has 0 amide bonds. The second-order valence-electron chi connectivity index (χ2n) is 3.73. The van der Waals surface area contributed by atoms with Crippen molar-refractivity contribution in [2.24, 2.45) is 0 Å². The van der Waals surface area contributed by atoms with E-state index >= 15 is 0 Å². The monoisotopic (exact) mass is 188 g/mol. The van der Waals surface area contributed by atoms with Crippen LogP contribution >= 0.6 is 0 Å². The van der Waals surface area contributed by atoms with E-state index in [9.17, 15) is 0 Å². The van der Waals surface area contributed by atoms with E-state index in [0.29, 0.717) is 0 Å². The third-order valence-corrected chi connectivity index (χ3v) is 2.59. The van der Waals surface area contributed by atoms with Crippen LogP contribution in [-0.4, -0.2) is 9.55 Å². The molecule has 0 spiro atoms. The van der Waals surface area contributed by atoms with Crippen molar-refractivity contribution in [1.29, 1.82) is 0 Å². The first-order chi connectivity index (χ1) is 6.83. The maximum absolute atomic E-state index is 4.42. The van der Waals surface area contributed by atoms with Gasteiger partial charge in [-0.15, -0.1) is 0 Å². The number of fused-ring (bicyclic) bond motifs is 1. The molecule has 0 unspecified atom stereocenters. The summed E-state index contributed by atoms with van der Waals surface area (Å²) >= 11 is 0. The Bertz CT molecular complexity index is 429.